The minimum absolute atomic E-state index is 0.0706. The maximum atomic E-state index is 13.2. The van der Waals surface area contributed by atoms with E-state index in [0.717, 1.165) is 12.1 Å². The molecule has 0 spiro atoms. The first kappa shape index (κ1) is 24.9. The average Bonchev–Trinajstić information content (AvgIpc) is 2.80. The number of hydrogen-bond acceptors (Lipinski definition) is 2. The van der Waals surface area contributed by atoms with Crippen molar-refractivity contribution in [3.05, 3.63) is 89.4 Å². The van der Waals surface area contributed by atoms with Gasteiger partial charge in [-0.3, -0.25) is 4.90 Å². The van der Waals surface area contributed by atoms with E-state index in [2.05, 4.69) is 16.0 Å². The molecule has 3 rings (SSSR count). The van der Waals surface area contributed by atoms with Crippen molar-refractivity contribution in [2.24, 2.45) is 0 Å². The largest absolute Gasteiger partial charge is 0.416 e. The highest BCUT2D eigenvalue weighted by Gasteiger charge is 2.31. The van der Waals surface area contributed by atoms with Crippen LogP contribution in [0.1, 0.15) is 12.0 Å². The Morgan fingerprint density at radius 1 is 0.853 bits per heavy atom. The monoisotopic (exact) mass is 490 g/mol. The number of para-hydroxylation sites is 1. The maximum Gasteiger partial charge on any atom is 0.416 e. The van der Waals surface area contributed by atoms with Crippen molar-refractivity contribution in [1.82, 2.24) is 5.32 Å². The second kappa shape index (κ2) is 11.4. The number of anilines is 3. The minimum atomic E-state index is -4.54. The molecule has 0 atom stereocenters. The van der Waals surface area contributed by atoms with Gasteiger partial charge >= 0.3 is 18.2 Å². The summed E-state index contributed by atoms with van der Waals surface area (Å²) in [4.78, 5) is 26.2. The summed E-state index contributed by atoms with van der Waals surface area (Å²) in [6.07, 6.45) is -4.24. The number of nitrogens with one attached hydrogen (secondary N) is 3. The van der Waals surface area contributed by atoms with Crippen molar-refractivity contribution in [1.29, 1.82) is 0 Å². The van der Waals surface area contributed by atoms with Gasteiger partial charge in [-0.05, 0) is 61.0 Å². The van der Waals surface area contributed by atoms with Gasteiger partial charge in [0.25, 0.3) is 0 Å². The van der Waals surface area contributed by atoms with Gasteiger partial charge in [-0.2, -0.15) is 13.2 Å². The molecule has 0 unspecified atom stereocenters. The molecule has 0 radical (unpaired) electrons. The van der Waals surface area contributed by atoms with Crippen LogP contribution in [0.5, 0.6) is 0 Å². The summed E-state index contributed by atoms with van der Waals surface area (Å²) in [6, 6.07) is 18.6. The summed E-state index contributed by atoms with van der Waals surface area (Å²) in [5, 5.41) is 8.51. The molecule has 0 bridgehead atoms. The topological polar surface area (TPSA) is 73.5 Å². The van der Waals surface area contributed by atoms with E-state index in [0.29, 0.717) is 22.8 Å². The second-order valence-corrected chi connectivity index (χ2v) is 7.67. The first-order valence-corrected chi connectivity index (χ1v) is 10.7. The number of hydrogen-bond donors (Lipinski definition) is 3. The number of carbonyl (C=O) groups excluding carboxylic acids is 2. The first-order valence-electron chi connectivity index (χ1n) is 10.3. The predicted octanol–water partition coefficient (Wildman–Crippen LogP) is 6.61. The standard InChI is InChI=1S/C24H22ClF3N4O2/c25-18-10-12-20(13-11-18)30-22(33)29-14-5-15-32(23(34)31-19-7-2-1-3-8-19)21-9-4-6-17(16-21)24(26,27)28/h1-4,6-13,16H,5,14-15H2,(H,31,34)(H2,29,30,33). The second-order valence-electron chi connectivity index (χ2n) is 7.24. The summed E-state index contributed by atoms with van der Waals surface area (Å²) in [5.74, 6) is 0. The van der Waals surface area contributed by atoms with Gasteiger partial charge in [-0.25, -0.2) is 9.59 Å². The van der Waals surface area contributed by atoms with E-state index >= 15 is 0 Å². The molecule has 4 amide bonds. The van der Waals surface area contributed by atoms with Crippen LogP contribution in [-0.2, 0) is 6.18 Å². The van der Waals surface area contributed by atoms with Gasteiger partial charge in [0, 0.05) is 35.2 Å². The molecule has 3 aromatic carbocycles. The fraction of sp³-hybridized carbons (Fsp3) is 0.167. The normalized spacial score (nSPS) is 10.9. The van der Waals surface area contributed by atoms with E-state index in [-0.39, 0.29) is 18.8 Å². The molecule has 0 aliphatic rings. The quantitative estimate of drug-likeness (QED) is 0.326. The molecule has 3 N–H and O–H groups in total. The number of nitrogens with zero attached hydrogens (tertiary/aromatic N) is 1. The molecule has 10 heteroatoms. The molecule has 0 aromatic heterocycles. The van der Waals surface area contributed by atoms with E-state index in [1.54, 1.807) is 54.6 Å². The van der Waals surface area contributed by atoms with Crippen LogP contribution < -0.4 is 20.9 Å². The lowest BCUT2D eigenvalue weighted by molar-refractivity contribution is -0.137. The molecule has 178 valence electrons. The van der Waals surface area contributed by atoms with Crippen LogP contribution in [0.3, 0.4) is 0 Å². The molecule has 0 aliphatic heterocycles. The van der Waals surface area contributed by atoms with Gasteiger partial charge in [0.2, 0.25) is 0 Å². The zero-order valence-electron chi connectivity index (χ0n) is 17.9. The molecule has 6 nitrogen and oxygen atoms in total. The summed E-state index contributed by atoms with van der Waals surface area (Å²) < 4.78 is 39.6. The van der Waals surface area contributed by atoms with Gasteiger partial charge < -0.3 is 16.0 Å². The van der Waals surface area contributed by atoms with E-state index in [4.69, 9.17) is 11.6 Å². The Labute approximate surface area is 199 Å². The Kier molecular flexibility index (Phi) is 8.37. The summed E-state index contributed by atoms with van der Waals surface area (Å²) in [5.41, 5.74) is 0.288. The fourth-order valence-electron chi connectivity index (χ4n) is 3.06. The maximum absolute atomic E-state index is 13.2. The van der Waals surface area contributed by atoms with Crippen LogP contribution in [0.2, 0.25) is 5.02 Å². The lowest BCUT2D eigenvalue weighted by Gasteiger charge is -2.24. The number of alkyl halides is 3. The van der Waals surface area contributed by atoms with Crippen LogP contribution in [0.4, 0.5) is 39.8 Å². The molecular formula is C24H22ClF3N4O2. The van der Waals surface area contributed by atoms with Crippen molar-refractivity contribution in [2.75, 3.05) is 28.6 Å². The first-order chi connectivity index (χ1) is 16.2. The van der Waals surface area contributed by atoms with E-state index < -0.39 is 23.8 Å². The summed E-state index contributed by atoms with van der Waals surface area (Å²) in [6.45, 7) is 0.259. The van der Waals surface area contributed by atoms with Crippen molar-refractivity contribution in [3.63, 3.8) is 0 Å². The number of amides is 4. The Bertz CT molecular complexity index is 1110. The van der Waals surface area contributed by atoms with Gasteiger partial charge in [0.05, 0.1) is 5.56 Å². The number of carbonyl (C=O) groups is 2. The van der Waals surface area contributed by atoms with E-state index in [1.165, 1.54) is 17.0 Å². The summed E-state index contributed by atoms with van der Waals surface area (Å²) >= 11 is 5.81. The molecule has 0 fully saturated rings. The van der Waals surface area contributed by atoms with E-state index in [9.17, 15) is 22.8 Å². The highest BCUT2D eigenvalue weighted by molar-refractivity contribution is 6.30. The zero-order chi connectivity index (χ0) is 24.6. The van der Waals surface area contributed by atoms with E-state index in [1.807, 2.05) is 0 Å². The molecule has 0 saturated carbocycles. The predicted molar refractivity (Wildman–Crippen MR) is 127 cm³/mol. The van der Waals surface area contributed by atoms with Crippen LogP contribution in [0.15, 0.2) is 78.9 Å². The van der Waals surface area contributed by atoms with Gasteiger partial charge in [0.15, 0.2) is 0 Å². The van der Waals surface area contributed by atoms with Crippen LogP contribution in [-0.4, -0.2) is 25.2 Å². The number of halogens is 4. The third-order valence-corrected chi connectivity index (χ3v) is 4.95. The third kappa shape index (κ3) is 7.41. The molecule has 0 aliphatic carbocycles. The summed E-state index contributed by atoms with van der Waals surface area (Å²) in [7, 11) is 0. The average molecular weight is 491 g/mol. The molecule has 34 heavy (non-hydrogen) atoms. The Morgan fingerprint density at radius 2 is 1.53 bits per heavy atom. The highest BCUT2D eigenvalue weighted by Crippen LogP contribution is 2.32. The Morgan fingerprint density at radius 3 is 2.21 bits per heavy atom. The van der Waals surface area contributed by atoms with Crippen molar-refractivity contribution < 1.29 is 22.8 Å². The number of rotatable bonds is 7. The molecule has 3 aromatic rings. The third-order valence-electron chi connectivity index (χ3n) is 4.70. The van der Waals surface area contributed by atoms with Crippen molar-refractivity contribution in [3.8, 4) is 0 Å². The lowest BCUT2D eigenvalue weighted by atomic mass is 10.1. The van der Waals surface area contributed by atoms with Crippen LogP contribution >= 0.6 is 11.6 Å². The van der Waals surface area contributed by atoms with Crippen molar-refractivity contribution in [2.45, 2.75) is 12.6 Å². The van der Waals surface area contributed by atoms with Crippen LogP contribution in [0.25, 0.3) is 0 Å². The number of urea groups is 2. The number of benzene rings is 3. The molecular weight excluding hydrogens is 469 g/mol. The van der Waals surface area contributed by atoms with Crippen LogP contribution in [0, 0.1) is 0 Å². The Balaban J connectivity index is 1.64. The Hall–Kier alpha value is -3.72. The minimum Gasteiger partial charge on any atom is -0.338 e. The van der Waals surface area contributed by atoms with Gasteiger partial charge in [-0.15, -0.1) is 0 Å². The van der Waals surface area contributed by atoms with Gasteiger partial charge in [-0.1, -0.05) is 35.9 Å². The smallest absolute Gasteiger partial charge is 0.338 e. The van der Waals surface area contributed by atoms with Gasteiger partial charge in [0.1, 0.15) is 0 Å². The molecule has 0 saturated heterocycles. The highest BCUT2D eigenvalue weighted by atomic mass is 35.5. The lowest BCUT2D eigenvalue weighted by Crippen LogP contribution is -2.38. The zero-order valence-corrected chi connectivity index (χ0v) is 18.7. The molecule has 0 heterocycles. The van der Waals surface area contributed by atoms with Crippen molar-refractivity contribution >= 4 is 40.7 Å². The SMILES string of the molecule is O=C(NCCCN(C(=O)Nc1ccccc1)c1cccc(C(F)(F)F)c1)Nc1ccc(Cl)cc1. The fourth-order valence-corrected chi connectivity index (χ4v) is 3.18.